The Balaban J connectivity index is 1.10. The predicted molar refractivity (Wildman–Crippen MR) is 131 cm³/mol. The van der Waals surface area contributed by atoms with E-state index in [0.29, 0.717) is 0 Å². The lowest BCUT2D eigenvalue weighted by molar-refractivity contribution is 0.126. The number of aromatic amines is 1. The van der Waals surface area contributed by atoms with Crippen LogP contribution in [0.2, 0.25) is 0 Å². The van der Waals surface area contributed by atoms with Crippen LogP contribution in [0, 0.1) is 0 Å². The maximum Gasteiger partial charge on any atom is 0.238 e. The zero-order chi connectivity index (χ0) is 23.5. The fourth-order valence-corrected chi connectivity index (χ4v) is 5.09. The molecule has 2 aromatic heterocycles. The van der Waals surface area contributed by atoms with Crippen LogP contribution in [0.5, 0.6) is 0 Å². The Morgan fingerprint density at radius 1 is 0.941 bits per heavy atom. The number of primary sulfonamides is 1. The molecule has 1 fully saturated rings. The Kier molecular flexibility index (Phi) is 6.46. The number of hydrogen-bond acceptors (Lipinski definition) is 6. The van der Waals surface area contributed by atoms with Crippen LogP contribution in [0.3, 0.4) is 0 Å². The summed E-state index contributed by atoms with van der Waals surface area (Å²) < 4.78 is 24.7. The van der Waals surface area contributed by atoms with Crippen LogP contribution in [0.1, 0.15) is 17.5 Å². The van der Waals surface area contributed by atoms with Crippen molar-refractivity contribution in [2.45, 2.75) is 24.3 Å². The van der Waals surface area contributed by atoms with Gasteiger partial charge in [0.05, 0.1) is 4.90 Å². The van der Waals surface area contributed by atoms with E-state index < -0.39 is 10.0 Å². The Hall–Kier alpha value is -3.05. The summed E-state index contributed by atoms with van der Waals surface area (Å²) in [5.41, 5.74) is 4.66. The minimum absolute atomic E-state index is 0.159. The van der Waals surface area contributed by atoms with Gasteiger partial charge in [0.2, 0.25) is 10.0 Å². The molecule has 178 valence electrons. The molecular formula is C24H29N7O2S. The summed E-state index contributed by atoms with van der Waals surface area (Å²) in [6, 6.07) is 13.2. The van der Waals surface area contributed by atoms with E-state index in [1.54, 1.807) is 24.8 Å². The van der Waals surface area contributed by atoms with Gasteiger partial charge in [-0.05, 0) is 60.8 Å². The number of aryl methyl sites for hydroxylation is 1. The van der Waals surface area contributed by atoms with Gasteiger partial charge in [-0.3, -0.25) is 9.47 Å². The second kappa shape index (κ2) is 9.67. The van der Waals surface area contributed by atoms with Gasteiger partial charge in [0.25, 0.3) is 0 Å². The lowest BCUT2D eigenvalue weighted by Gasteiger charge is -2.34. The largest absolute Gasteiger partial charge is 0.361 e. The van der Waals surface area contributed by atoms with Crippen LogP contribution in [0.4, 0.5) is 0 Å². The molecule has 0 unspecified atom stereocenters. The molecule has 1 saturated heterocycles. The average molecular weight is 480 g/mol. The molecule has 5 rings (SSSR count). The van der Waals surface area contributed by atoms with Crippen molar-refractivity contribution in [2.24, 2.45) is 5.14 Å². The highest BCUT2D eigenvalue weighted by Crippen LogP contribution is 2.23. The van der Waals surface area contributed by atoms with E-state index in [1.165, 1.54) is 10.9 Å². The number of H-pyrrole nitrogens is 1. The first-order valence-corrected chi connectivity index (χ1v) is 13.0. The third kappa shape index (κ3) is 5.20. The van der Waals surface area contributed by atoms with E-state index in [-0.39, 0.29) is 4.90 Å². The summed E-state index contributed by atoms with van der Waals surface area (Å²) in [6.07, 6.45) is 7.69. The zero-order valence-electron chi connectivity index (χ0n) is 19.0. The highest BCUT2D eigenvalue weighted by molar-refractivity contribution is 7.89. The molecule has 1 aliphatic heterocycles. The number of fused-ring (bicyclic) bond motifs is 1. The number of aromatic nitrogens is 4. The van der Waals surface area contributed by atoms with Crippen LogP contribution in [-0.4, -0.2) is 70.7 Å². The highest BCUT2D eigenvalue weighted by Gasteiger charge is 2.17. The van der Waals surface area contributed by atoms with E-state index in [2.05, 4.69) is 49.4 Å². The number of benzene rings is 2. The van der Waals surface area contributed by atoms with Gasteiger partial charge in [0, 0.05) is 55.5 Å². The van der Waals surface area contributed by atoms with Crippen molar-refractivity contribution in [3.05, 3.63) is 72.4 Å². The first kappa shape index (κ1) is 22.7. The molecule has 0 saturated carbocycles. The Morgan fingerprint density at radius 2 is 1.65 bits per heavy atom. The number of nitrogens with two attached hydrogens (primary N) is 1. The third-order valence-corrected chi connectivity index (χ3v) is 7.44. The van der Waals surface area contributed by atoms with Crippen molar-refractivity contribution in [2.75, 3.05) is 32.7 Å². The van der Waals surface area contributed by atoms with Crippen LogP contribution >= 0.6 is 0 Å². The van der Waals surface area contributed by atoms with Gasteiger partial charge in [0.1, 0.15) is 12.7 Å². The van der Waals surface area contributed by atoms with Gasteiger partial charge >= 0.3 is 0 Å². The molecule has 0 amide bonds. The molecule has 0 radical (unpaired) electrons. The number of nitrogens with zero attached hydrogens (tertiary/aromatic N) is 5. The van der Waals surface area contributed by atoms with Crippen molar-refractivity contribution in [3.8, 4) is 5.69 Å². The number of sulfonamides is 1. The predicted octanol–water partition coefficient (Wildman–Crippen LogP) is 2.15. The lowest BCUT2D eigenvalue weighted by atomic mass is 10.1. The molecule has 3 N–H and O–H groups in total. The molecule has 0 spiro atoms. The highest BCUT2D eigenvalue weighted by atomic mass is 32.2. The van der Waals surface area contributed by atoms with Crippen molar-refractivity contribution in [3.63, 3.8) is 0 Å². The Bertz CT molecular complexity index is 1340. The van der Waals surface area contributed by atoms with Crippen molar-refractivity contribution in [1.82, 2.24) is 29.5 Å². The fourth-order valence-electron chi connectivity index (χ4n) is 4.57. The van der Waals surface area contributed by atoms with Crippen molar-refractivity contribution >= 4 is 20.9 Å². The van der Waals surface area contributed by atoms with E-state index >= 15 is 0 Å². The lowest BCUT2D eigenvalue weighted by Crippen LogP contribution is -2.46. The number of piperazine rings is 1. The number of nitrogens with one attached hydrogen (secondary N) is 1. The summed E-state index contributed by atoms with van der Waals surface area (Å²) >= 11 is 0. The molecule has 10 heteroatoms. The van der Waals surface area contributed by atoms with Crippen LogP contribution in [0.15, 0.2) is 66.2 Å². The topological polar surface area (TPSA) is 113 Å². The summed E-state index contributed by atoms with van der Waals surface area (Å²) in [5.74, 6) is 0. The van der Waals surface area contributed by atoms with E-state index in [4.69, 9.17) is 5.14 Å². The molecule has 34 heavy (non-hydrogen) atoms. The molecule has 2 aromatic carbocycles. The van der Waals surface area contributed by atoms with E-state index in [0.717, 1.165) is 68.9 Å². The van der Waals surface area contributed by atoms with E-state index in [1.807, 2.05) is 16.7 Å². The SMILES string of the molecule is NS(=O)(=O)c1ccc(CN2CCN(CCCc3c[nH]c4ccc(-n5cnnc5)cc34)CC2)cc1. The minimum Gasteiger partial charge on any atom is -0.361 e. The maximum absolute atomic E-state index is 11.4. The zero-order valence-corrected chi connectivity index (χ0v) is 19.8. The molecule has 3 heterocycles. The molecular weight excluding hydrogens is 450 g/mol. The molecule has 0 atom stereocenters. The molecule has 9 nitrogen and oxygen atoms in total. The van der Waals surface area contributed by atoms with Gasteiger partial charge < -0.3 is 9.88 Å². The maximum atomic E-state index is 11.4. The third-order valence-electron chi connectivity index (χ3n) is 6.51. The van der Waals surface area contributed by atoms with Crippen molar-refractivity contribution in [1.29, 1.82) is 0 Å². The summed E-state index contributed by atoms with van der Waals surface area (Å²) in [6.45, 7) is 6.00. The number of rotatable bonds is 8. The van der Waals surface area contributed by atoms with Gasteiger partial charge in [-0.15, -0.1) is 10.2 Å². The number of hydrogen-bond donors (Lipinski definition) is 2. The normalized spacial score (nSPS) is 15.8. The summed E-state index contributed by atoms with van der Waals surface area (Å²) in [7, 11) is -3.64. The minimum atomic E-state index is -3.64. The quantitative estimate of drug-likeness (QED) is 0.400. The monoisotopic (exact) mass is 479 g/mol. The molecule has 1 aliphatic rings. The van der Waals surface area contributed by atoms with Crippen LogP contribution in [-0.2, 0) is 23.0 Å². The second-order valence-electron chi connectivity index (χ2n) is 8.82. The first-order valence-electron chi connectivity index (χ1n) is 11.5. The van der Waals surface area contributed by atoms with Gasteiger partial charge in [-0.2, -0.15) is 0 Å². The van der Waals surface area contributed by atoms with E-state index in [9.17, 15) is 8.42 Å². The second-order valence-corrected chi connectivity index (χ2v) is 10.4. The molecule has 4 aromatic rings. The Morgan fingerprint density at radius 3 is 2.35 bits per heavy atom. The molecule has 0 bridgehead atoms. The summed E-state index contributed by atoms with van der Waals surface area (Å²) in [5, 5.41) is 14.2. The van der Waals surface area contributed by atoms with Gasteiger partial charge in [-0.25, -0.2) is 13.6 Å². The fraction of sp³-hybridized carbons (Fsp3) is 0.333. The standard InChI is InChI=1S/C24H29N7O2S/c25-34(32,33)22-6-3-19(4-7-22)16-30-12-10-29(11-13-30)9-1-2-20-15-26-24-8-5-21(14-23(20)24)31-17-27-28-18-31/h3-8,14-15,17-18,26H,1-2,9-13,16H2,(H2,25,32,33). The smallest absolute Gasteiger partial charge is 0.238 e. The first-order chi connectivity index (χ1) is 16.5. The molecule has 0 aliphatic carbocycles. The Labute approximate surface area is 199 Å². The van der Waals surface area contributed by atoms with Gasteiger partial charge in [0.15, 0.2) is 0 Å². The van der Waals surface area contributed by atoms with Gasteiger partial charge in [-0.1, -0.05) is 12.1 Å². The van der Waals surface area contributed by atoms with Crippen molar-refractivity contribution < 1.29 is 8.42 Å². The van der Waals surface area contributed by atoms with Crippen LogP contribution < -0.4 is 5.14 Å². The van der Waals surface area contributed by atoms with Crippen LogP contribution in [0.25, 0.3) is 16.6 Å². The summed E-state index contributed by atoms with van der Waals surface area (Å²) in [4.78, 5) is 8.48. The average Bonchev–Trinajstić information content (AvgIpc) is 3.50.